The number of nitrogens with one attached hydrogen (secondary N) is 1. The molecule has 2 amide bonds. The van der Waals surface area contributed by atoms with E-state index >= 15 is 0 Å². The Hall–Kier alpha value is -1.14. The van der Waals surface area contributed by atoms with E-state index in [-0.39, 0.29) is 11.8 Å². The van der Waals surface area contributed by atoms with Gasteiger partial charge in [-0.15, -0.1) is 0 Å². The molecule has 1 rings (SSSR count). The molecule has 1 saturated heterocycles. The Morgan fingerprint density at radius 2 is 1.94 bits per heavy atom. The molecular formula is C11H21N3O3. The van der Waals surface area contributed by atoms with E-state index in [9.17, 15) is 9.59 Å². The molecule has 6 heteroatoms. The second-order valence-electron chi connectivity index (χ2n) is 4.42. The largest absolute Gasteiger partial charge is 0.381 e. The predicted octanol–water partition coefficient (Wildman–Crippen LogP) is -0.876. The zero-order valence-corrected chi connectivity index (χ0v) is 10.0. The monoisotopic (exact) mass is 243 g/mol. The molecule has 17 heavy (non-hydrogen) atoms. The molecule has 0 aromatic carbocycles. The van der Waals surface area contributed by atoms with Crippen LogP contribution in [0.15, 0.2) is 0 Å². The highest BCUT2D eigenvalue weighted by molar-refractivity contribution is 5.83. The van der Waals surface area contributed by atoms with Crippen LogP contribution in [0.5, 0.6) is 0 Å². The highest BCUT2D eigenvalue weighted by Crippen LogP contribution is 2.29. The summed E-state index contributed by atoms with van der Waals surface area (Å²) < 4.78 is 5.24. The molecule has 1 aliphatic heterocycles. The number of nitrogens with two attached hydrogens (primary N) is 2. The van der Waals surface area contributed by atoms with Crippen molar-refractivity contribution in [1.29, 1.82) is 0 Å². The molecule has 0 aliphatic carbocycles. The summed E-state index contributed by atoms with van der Waals surface area (Å²) in [7, 11) is 0. The van der Waals surface area contributed by atoms with Crippen LogP contribution in [0.1, 0.15) is 25.7 Å². The minimum Gasteiger partial charge on any atom is -0.381 e. The Kier molecular flexibility index (Phi) is 5.37. The number of hydrogen-bond acceptors (Lipinski definition) is 4. The summed E-state index contributed by atoms with van der Waals surface area (Å²) in [6, 6.07) is 0. The van der Waals surface area contributed by atoms with Crippen LogP contribution in [0.2, 0.25) is 0 Å². The van der Waals surface area contributed by atoms with E-state index in [1.165, 1.54) is 0 Å². The van der Waals surface area contributed by atoms with Gasteiger partial charge in [0.15, 0.2) is 0 Å². The van der Waals surface area contributed by atoms with Crippen molar-refractivity contribution in [3.63, 3.8) is 0 Å². The van der Waals surface area contributed by atoms with Gasteiger partial charge in [-0.05, 0) is 19.3 Å². The molecular weight excluding hydrogens is 222 g/mol. The molecule has 6 nitrogen and oxygen atoms in total. The molecule has 1 fully saturated rings. The number of rotatable bonds is 6. The normalized spacial score (nSPS) is 18.6. The minimum absolute atomic E-state index is 0.0345. The van der Waals surface area contributed by atoms with Crippen LogP contribution in [0.4, 0.5) is 0 Å². The first-order valence-corrected chi connectivity index (χ1v) is 5.95. The van der Waals surface area contributed by atoms with Gasteiger partial charge in [0, 0.05) is 32.7 Å². The molecule has 98 valence electrons. The molecule has 5 N–H and O–H groups in total. The summed E-state index contributed by atoms with van der Waals surface area (Å²) in [5.74, 6) is -0.383. The van der Waals surface area contributed by atoms with Gasteiger partial charge in [0.05, 0.1) is 5.41 Å². The van der Waals surface area contributed by atoms with E-state index in [2.05, 4.69) is 5.32 Å². The van der Waals surface area contributed by atoms with E-state index in [0.717, 1.165) is 0 Å². The van der Waals surface area contributed by atoms with Crippen LogP contribution < -0.4 is 16.8 Å². The zero-order valence-electron chi connectivity index (χ0n) is 10.0. The summed E-state index contributed by atoms with van der Waals surface area (Å²) in [5.41, 5.74) is 10.2. The number of primary amides is 1. The molecule has 0 radical (unpaired) electrons. The van der Waals surface area contributed by atoms with Crippen molar-refractivity contribution in [2.45, 2.75) is 25.7 Å². The minimum atomic E-state index is -0.495. The van der Waals surface area contributed by atoms with Crippen LogP contribution in [0.25, 0.3) is 0 Å². The number of carbonyl (C=O) groups excluding carboxylic acids is 2. The van der Waals surface area contributed by atoms with E-state index < -0.39 is 5.41 Å². The molecule has 0 aromatic rings. The van der Waals surface area contributed by atoms with Crippen molar-refractivity contribution >= 4 is 11.8 Å². The first kappa shape index (κ1) is 13.9. The smallest absolute Gasteiger partial charge is 0.227 e. The summed E-state index contributed by atoms with van der Waals surface area (Å²) in [6.45, 7) is 1.94. The van der Waals surface area contributed by atoms with Crippen LogP contribution in [-0.2, 0) is 14.3 Å². The second-order valence-corrected chi connectivity index (χ2v) is 4.42. The Balaban J connectivity index is 2.36. The Morgan fingerprint density at radius 3 is 2.47 bits per heavy atom. The van der Waals surface area contributed by atoms with Crippen molar-refractivity contribution in [2.24, 2.45) is 16.9 Å². The Morgan fingerprint density at radius 1 is 1.29 bits per heavy atom. The SMILES string of the molecule is NCC1(C(=O)NCCCC(N)=O)CCOCC1. The fraction of sp³-hybridized carbons (Fsp3) is 0.818. The Labute approximate surface area is 101 Å². The second kappa shape index (κ2) is 6.56. The molecule has 0 atom stereocenters. The lowest BCUT2D eigenvalue weighted by Crippen LogP contribution is -2.49. The standard InChI is InChI=1S/C11H21N3O3/c12-8-11(3-6-17-7-4-11)10(16)14-5-1-2-9(13)15/h1-8,12H2,(H2,13,15)(H,14,16). The fourth-order valence-corrected chi connectivity index (χ4v) is 1.94. The third kappa shape index (κ3) is 3.98. The maximum atomic E-state index is 12.0. The molecule has 0 aromatic heterocycles. The molecule has 0 saturated carbocycles. The Bertz CT molecular complexity index is 275. The van der Waals surface area contributed by atoms with E-state index in [4.69, 9.17) is 16.2 Å². The highest BCUT2D eigenvalue weighted by atomic mass is 16.5. The lowest BCUT2D eigenvalue weighted by atomic mass is 9.79. The van der Waals surface area contributed by atoms with Gasteiger partial charge in [-0.3, -0.25) is 9.59 Å². The number of hydrogen-bond donors (Lipinski definition) is 3. The topological polar surface area (TPSA) is 107 Å². The lowest BCUT2D eigenvalue weighted by Gasteiger charge is -2.34. The van der Waals surface area contributed by atoms with Crippen molar-refractivity contribution in [3.05, 3.63) is 0 Å². The van der Waals surface area contributed by atoms with E-state index in [1.54, 1.807) is 0 Å². The number of amides is 2. The fourth-order valence-electron chi connectivity index (χ4n) is 1.94. The first-order valence-electron chi connectivity index (χ1n) is 5.95. The zero-order chi connectivity index (χ0) is 12.7. The van der Waals surface area contributed by atoms with Gasteiger partial charge in [-0.1, -0.05) is 0 Å². The van der Waals surface area contributed by atoms with Gasteiger partial charge in [-0.25, -0.2) is 0 Å². The van der Waals surface area contributed by atoms with E-state index in [1.807, 2.05) is 0 Å². The third-order valence-electron chi connectivity index (χ3n) is 3.21. The summed E-state index contributed by atoms with van der Waals surface area (Å²) in [4.78, 5) is 22.6. The van der Waals surface area contributed by atoms with E-state index in [0.29, 0.717) is 52.0 Å². The maximum absolute atomic E-state index is 12.0. The van der Waals surface area contributed by atoms with Crippen molar-refractivity contribution in [2.75, 3.05) is 26.3 Å². The summed E-state index contributed by atoms with van der Waals surface area (Å²) in [5, 5.41) is 2.82. The van der Waals surface area contributed by atoms with Gasteiger partial charge in [0.2, 0.25) is 11.8 Å². The molecule has 1 heterocycles. The van der Waals surface area contributed by atoms with Gasteiger partial charge in [-0.2, -0.15) is 0 Å². The predicted molar refractivity (Wildman–Crippen MR) is 63.0 cm³/mol. The van der Waals surface area contributed by atoms with Gasteiger partial charge in [0.1, 0.15) is 0 Å². The van der Waals surface area contributed by atoms with Crippen molar-refractivity contribution < 1.29 is 14.3 Å². The quantitative estimate of drug-likeness (QED) is 0.527. The summed E-state index contributed by atoms with van der Waals surface area (Å²) in [6.07, 6.45) is 2.17. The van der Waals surface area contributed by atoms with Crippen LogP contribution in [0, 0.1) is 5.41 Å². The van der Waals surface area contributed by atoms with Crippen molar-refractivity contribution in [3.8, 4) is 0 Å². The average molecular weight is 243 g/mol. The lowest BCUT2D eigenvalue weighted by molar-refractivity contribution is -0.136. The molecule has 0 bridgehead atoms. The molecule has 0 spiro atoms. The highest BCUT2D eigenvalue weighted by Gasteiger charge is 2.38. The average Bonchev–Trinajstić information content (AvgIpc) is 2.35. The molecule has 0 unspecified atom stereocenters. The van der Waals surface area contributed by atoms with Crippen molar-refractivity contribution in [1.82, 2.24) is 5.32 Å². The van der Waals surface area contributed by atoms with Gasteiger partial charge >= 0.3 is 0 Å². The maximum Gasteiger partial charge on any atom is 0.227 e. The third-order valence-corrected chi connectivity index (χ3v) is 3.21. The van der Waals surface area contributed by atoms with Crippen LogP contribution in [0.3, 0.4) is 0 Å². The van der Waals surface area contributed by atoms with Crippen LogP contribution >= 0.6 is 0 Å². The van der Waals surface area contributed by atoms with Crippen LogP contribution in [-0.4, -0.2) is 38.1 Å². The molecule has 1 aliphatic rings. The summed E-state index contributed by atoms with van der Waals surface area (Å²) >= 11 is 0. The number of carbonyl (C=O) groups is 2. The first-order chi connectivity index (χ1) is 8.10. The van der Waals surface area contributed by atoms with Gasteiger partial charge in [0.25, 0.3) is 0 Å². The number of ether oxygens (including phenoxy) is 1. The van der Waals surface area contributed by atoms with Gasteiger partial charge < -0.3 is 21.5 Å².